The minimum Gasteiger partial charge on any atom is -0.399 e. The smallest absolute Gasteiger partial charge is 0.0926 e. The highest BCUT2D eigenvalue weighted by molar-refractivity contribution is 5.69. The molecule has 0 bridgehead atoms. The van der Waals surface area contributed by atoms with E-state index in [-0.39, 0.29) is 0 Å². The van der Waals surface area contributed by atoms with Crippen molar-refractivity contribution in [3.63, 3.8) is 0 Å². The highest BCUT2D eigenvalue weighted by atomic mass is 15.2. The number of anilines is 1. The van der Waals surface area contributed by atoms with Crippen molar-refractivity contribution in [2.75, 3.05) is 5.73 Å². The van der Waals surface area contributed by atoms with Crippen molar-refractivity contribution in [3.8, 4) is 11.3 Å². The van der Waals surface area contributed by atoms with Gasteiger partial charge in [-0.25, -0.2) is 0 Å². The van der Waals surface area contributed by atoms with E-state index in [4.69, 9.17) is 5.73 Å². The molecule has 1 aliphatic rings. The zero-order valence-corrected chi connectivity index (χ0v) is 9.35. The standard InChI is InChI=1S/C13H15N3/c1-16-7-6-13(15-16)12-8-10(14)4-5-11(12)9-2-3-9/h4-9H,2-3,14H2,1H3. The number of hydrogen-bond donors (Lipinski definition) is 1. The average molecular weight is 213 g/mol. The van der Waals surface area contributed by atoms with E-state index >= 15 is 0 Å². The molecule has 82 valence electrons. The van der Waals surface area contributed by atoms with Gasteiger partial charge in [-0.3, -0.25) is 4.68 Å². The molecule has 0 spiro atoms. The molecule has 3 heteroatoms. The van der Waals surface area contributed by atoms with E-state index in [9.17, 15) is 0 Å². The molecule has 0 saturated heterocycles. The lowest BCUT2D eigenvalue weighted by Crippen LogP contribution is -1.93. The van der Waals surface area contributed by atoms with Crippen LogP contribution < -0.4 is 5.73 Å². The Balaban J connectivity index is 2.13. The first-order chi connectivity index (χ1) is 7.74. The van der Waals surface area contributed by atoms with Crippen molar-refractivity contribution >= 4 is 5.69 Å². The van der Waals surface area contributed by atoms with E-state index in [1.807, 2.05) is 36.1 Å². The summed E-state index contributed by atoms with van der Waals surface area (Å²) >= 11 is 0. The maximum atomic E-state index is 5.86. The van der Waals surface area contributed by atoms with Crippen molar-refractivity contribution in [2.24, 2.45) is 7.05 Å². The second-order valence-electron chi connectivity index (χ2n) is 4.50. The summed E-state index contributed by atoms with van der Waals surface area (Å²) in [6, 6.07) is 8.22. The molecule has 3 nitrogen and oxygen atoms in total. The average Bonchev–Trinajstić information content (AvgIpc) is 3.01. The number of nitrogens with two attached hydrogens (primary N) is 1. The van der Waals surface area contributed by atoms with Crippen molar-refractivity contribution in [1.82, 2.24) is 9.78 Å². The normalized spacial score (nSPS) is 15.3. The summed E-state index contributed by atoms with van der Waals surface area (Å²) in [5.74, 6) is 0.720. The lowest BCUT2D eigenvalue weighted by molar-refractivity contribution is 0.770. The summed E-state index contributed by atoms with van der Waals surface area (Å²) in [5.41, 5.74) is 10.3. The van der Waals surface area contributed by atoms with Gasteiger partial charge >= 0.3 is 0 Å². The number of nitrogens with zero attached hydrogens (tertiary/aromatic N) is 2. The zero-order valence-electron chi connectivity index (χ0n) is 9.35. The molecule has 1 aromatic heterocycles. The maximum absolute atomic E-state index is 5.86. The van der Waals surface area contributed by atoms with Crippen molar-refractivity contribution in [3.05, 3.63) is 36.0 Å². The maximum Gasteiger partial charge on any atom is 0.0926 e. The predicted octanol–water partition coefficient (Wildman–Crippen LogP) is 2.55. The van der Waals surface area contributed by atoms with Crippen LogP contribution in [0.3, 0.4) is 0 Å². The molecule has 1 aliphatic carbocycles. The number of aromatic nitrogens is 2. The molecule has 0 atom stereocenters. The monoisotopic (exact) mass is 213 g/mol. The lowest BCUT2D eigenvalue weighted by atomic mass is 10.00. The van der Waals surface area contributed by atoms with Gasteiger partial charge in [0.15, 0.2) is 0 Å². The van der Waals surface area contributed by atoms with E-state index in [1.165, 1.54) is 24.0 Å². The number of rotatable bonds is 2. The molecule has 3 rings (SSSR count). The SMILES string of the molecule is Cn1ccc(-c2cc(N)ccc2C2CC2)n1. The Morgan fingerprint density at radius 3 is 2.75 bits per heavy atom. The van der Waals surface area contributed by atoms with Crippen molar-refractivity contribution in [1.29, 1.82) is 0 Å². The van der Waals surface area contributed by atoms with Gasteiger partial charge in [0.05, 0.1) is 5.69 Å². The molecule has 2 aromatic rings. The Bertz CT molecular complexity index is 524. The van der Waals surface area contributed by atoms with Gasteiger partial charge in [0, 0.05) is 24.5 Å². The van der Waals surface area contributed by atoms with Crippen LogP contribution in [0.15, 0.2) is 30.5 Å². The van der Waals surface area contributed by atoms with Crippen LogP contribution in [0.5, 0.6) is 0 Å². The van der Waals surface area contributed by atoms with Crippen LogP contribution in [0.2, 0.25) is 0 Å². The molecule has 16 heavy (non-hydrogen) atoms. The Morgan fingerprint density at radius 1 is 1.31 bits per heavy atom. The van der Waals surface area contributed by atoms with Crippen molar-refractivity contribution < 1.29 is 0 Å². The second kappa shape index (κ2) is 3.37. The van der Waals surface area contributed by atoms with Crippen LogP contribution in [-0.2, 0) is 7.05 Å². The van der Waals surface area contributed by atoms with Crippen LogP contribution in [0.4, 0.5) is 5.69 Å². The Morgan fingerprint density at radius 2 is 2.12 bits per heavy atom. The molecule has 2 N–H and O–H groups in total. The topological polar surface area (TPSA) is 43.8 Å². The summed E-state index contributed by atoms with van der Waals surface area (Å²) in [4.78, 5) is 0. The van der Waals surface area contributed by atoms with Crippen molar-refractivity contribution in [2.45, 2.75) is 18.8 Å². The predicted molar refractivity (Wildman–Crippen MR) is 65.0 cm³/mol. The van der Waals surface area contributed by atoms with Crippen LogP contribution in [0, 0.1) is 0 Å². The zero-order chi connectivity index (χ0) is 11.1. The summed E-state index contributed by atoms with van der Waals surface area (Å²) < 4.78 is 1.83. The van der Waals surface area contributed by atoms with E-state index in [0.29, 0.717) is 0 Å². The van der Waals surface area contributed by atoms with Gasteiger partial charge in [-0.05, 0) is 42.5 Å². The van der Waals surface area contributed by atoms with Gasteiger partial charge in [-0.2, -0.15) is 5.10 Å². The highest BCUT2D eigenvalue weighted by Crippen LogP contribution is 2.44. The number of benzene rings is 1. The second-order valence-corrected chi connectivity index (χ2v) is 4.50. The van der Waals surface area contributed by atoms with E-state index in [1.54, 1.807) is 0 Å². The third-order valence-corrected chi connectivity index (χ3v) is 3.08. The summed E-state index contributed by atoms with van der Waals surface area (Å²) in [5, 5.41) is 4.45. The third-order valence-electron chi connectivity index (χ3n) is 3.08. The van der Waals surface area contributed by atoms with E-state index in [2.05, 4.69) is 11.2 Å². The quantitative estimate of drug-likeness (QED) is 0.779. The molecule has 1 saturated carbocycles. The molecule has 1 heterocycles. The van der Waals surface area contributed by atoms with E-state index < -0.39 is 0 Å². The largest absolute Gasteiger partial charge is 0.399 e. The van der Waals surface area contributed by atoms with Gasteiger partial charge in [-0.1, -0.05) is 6.07 Å². The molecule has 0 amide bonds. The third kappa shape index (κ3) is 1.58. The Labute approximate surface area is 94.9 Å². The fraction of sp³-hybridized carbons (Fsp3) is 0.308. The van der Waals surface area contributed by atoms with Crippen LogP contribution in [-0.4, -0.2) is 9.78 Å². The van der Waals surface area contributed by atoms with Gasteiger partial charge < -0.3 is 5.73 Å². The Hall–Kier alpha value is -1.77. The number of aryl methyl sites for hydroxylation is 1. The summed E-state index contributed by atoms with van der Waals surface area (Å²) in [6.07, 6.45) is 4.56. The van der Waals surface area contributed by atoms with Gasteiger partial charge in [0.2, 0.25) is 0 Å². The minimum atomic E-state index is 0.720. The molecular formula is C13H15N3. The van der Waals surface area contributed by atoms with Gasteiger partial charge in [0.1, 0.15) is 0 Å². The van der Waals surface area contributed by atoms with Crippen LogP contribution >= 0.6 is 0 Å². The molecular weight excluding hydrogens is 198 g/mol. The first-order valence-corrected chi connectivity index (χ1v) is 5.63. The fourth-order valence-corrected chi connectivity index (χ4v) is 2.10. The molecule has 0 aliphatic heterocycles. The lowest BCUT2D eigenvalue weighted by Gasteiger charge is -2.07. The van der Waals surface area contributed by atoms with Crippen LogP contribution in [0.25, 0.3) is 11.3 Å². The van der Waals surface area contributed by atoms with Crippen LogP contribution in [0.1, 0.15) is 24.3 Å². The fourth-order valence-electron chi connectivity index (χ4n) is 2.10. The first-order valence-electron chi connectivity index (χ1n) is 5.63. The van der Waals surface area contributed by atoms with E-state index in [0.717, 1.165) is 17.3 Å². The van der Waals surface area contributed by atoms with Gasteiger partial charge in [-0.15, -0.1) is 0 Å². The molecule has 0 unspecified atom stereocenters. The number of hydrogen-bond acceptors (Lipinski definition) is 2. The molecule has 1 aromatic carbocycles. The Kier molecular flexibility index (Phi) is 1.99. The first kappa shape index (κ1) is 9.46. The van der Waals surface area contributed by atoms with Gasteiger partial charge in [0.25, 0.3) is 0 Å². The number of nitrogen functional groups attached to an aromatic ring is 1. The highest BCUT2D eigenvalue weighted by Gasteiger charge is 2.26. The summed E-state index contributed by atoms with van der Waals surface area (Å²) in [6.45, 7) is 0. The summed E-state index contributed by atoms with van der Waals surface area (Å²) in [7, 11) is 1.94. The molecule has 0 radical (unpaired) electrons. The minimum absolute atomic E-state index is 0.720. The molecule has 1 fully saturated rings.